The molecule has 0 saturated carbocycles. The second-order valence-electron chi connectivity index (χ2n) is 6.04. The van der Waals surface area contributed by atoms with E-state index in [0.29, 0.717) is 32.0 Å². The second kappa shape index (κ2) is 7.39. The minimum atomic E-state index is 0.0499. The van der Waals surface area contributed by atoms with Crippen LogP contribution in [0.2, 0.25) is 0 Å². The zero-order chi connectivity index (χ0) is 16.1. The minimum absolute atomic E-state index is 0.0499. The molecule has 0 aromatic carbocycles. The molecule has 2 aliphatic rings. The maximum atomic E-state index is 12.4. The average Bonchev–Trinajstić information content (AvgIpc) is 2.80. The number of amides is 2. The summed E-state index contributed by atoms with van der Waals surface area (Å²) in [6.45, 7) is 3.69. The zero-order valence-electron chi connectivity index (χ0n) is 13.4. The Balaban J connectivity index is 1.51. The summed E-state index contributed by atoms with van der Waals surface area (Å²) in [6.07, 6.45) is 7.05. The quantitative estimate of drug-likeness (QED) is 0.813. The predicted octanol–water partition coefficient (Wildman–Crippen LogP) is 0.528. The third-order valence-electron chi connectivity index (χ3n) is 4.46. The number of carbonyl (C=O) groups excluding carboxylic acids is 2. The van der Waals surface area contributed by atoms with Gasteiger partial charge in [0.1, 0.15) is 0 Å². The van der Waals surface area contributed by atoms with Crippen molar-refractivity contribution >= 4 is 17.8 Å². The minimum Gasteiger partial charge on any atom is -0.338 e. The molecule has 0 atom stereocenters. The van der Waals surface area contributed by atoms with Crippen LogP contribution in [0.3, 0.4) is 0 Å². The topological polar surface area (TPSA) is 69.6 Å². The molecule has 7 nitrogen and oxygen atoms in total. The lowest BCUT2D eigenvalue weighted by molar-refractivity contribution is -0.140. The molecule has 23 heavy (non-hydrogen) atoms. The maximum Gasteiger partial charge on any atom is 0.242 e. The van der Waals surface area contributed by atoms with Crippen LogP contribution in [0.1, 0.15) is 25.7 Å². The fraction of sp³-hybridized carbons (Fsp3) is 0.625. The van der Waals surface area contributed by atoms with Crippen LogP contribution in [0, 0.1) is 0 Å². The van der Waals surface area contributed by atoms with E-state index in [4.69, 9.17) is 0 Å². The molecule has 3 heterocycles. The van der Waals surface area contributed by atoms with Crippen molar-refractivity contribution in [2.24, 2.45) is 0 Å². The molecule has 2 saturated heterocycles. The molecule has 0 N–H and O–H groups in total. The van der Waals surface area contributed by atoms with Gasteiger partial charge in [0.2, 0.25) is 17.8 Å². The monoisotopic (exact) mass is 317 g/mol. The van der Waals surface area contributed by atoms with Crippen molar-refractivity contribution in [1.82, 2.24) is 19.8 Å². The highest BCUT2D eigenvalue weighted by molar-refractivity contribution is 5.85. The van der Waals surface area contributed by atoms with Gasteiger partial charge in [-0.2, -0.15) is 0 Å². The van der Waals surface area contributed by atoms with E-state index in [2.05, 4.69) is 14.9 Å². The summed E-state index contributed by atoms with van der Waals surface area (Å²) in [5.74, 6) is 0.878. The third kappa shape index (κ3) is 3.97. The number of hydrogen-bond acceptors (Lipinski definition) is 5. The Hall–Kier alpha value is -2.18. The van der Waals surface area contributed by atoms with E-state index >= 15 is 0 Å². The first-order valence-corrected chi connectivity index (χ1v) is 8.31. The summed E-state index contributed by atoms with van der Waals surface area (Å²) >= 11 is 0. The fourth-order valence-electron chi connectivity index (χ4n) is 3.08. The summed E-state index contributed by atoms with van der Waals surface area (Å²) in [4.78, 5) is 38.6. The first-order chi connectivity index (χ1) is 11.2. The maximum absolute atomic E-state index is 12.4. The van der Waals surface area contributed by atoms with E-state index in [1.807, 2.05) is 4.90 Å². The zero-order valence-corrected chi connectivity index (χ0v) is 13.4. The normalized spacial score (nSPS) is 19.7. The number of hydrogen-bond donors (Lipinski definition) is 0. The number of nitrogens with zero attached hydrogens (tertiary/aromatic N) is 5. The van der Waals surface area contributed by atoms with Gasteiger partial charge in [-0.3, -0.25) is 9.59 Å². The Morgan fingerprint density at radius 2 is 1.74 bits per heavy atom. The molecule has 0 bridgehead atoms. The van der Waals surface area contributed by atoms with Crippen LogP contribution in [0.5, 0.6) is 0 Å². The van der Waals surface area contributed by atoms with Gasteiger partial charge in [-0.05, 0) is 18.9 Å². The number of rotatable bonds is 3. The van der Waals surface area contributed by atoms with Crippen LogP contribution >= 0.6 is 0 Å². The van der Waals surface area contributed by atoms with Gasteiger partial charge in [0.05, 0.1) is 6.54 Å². The van der Waals surface area contributed by atoms with Crippen molar-refractivity contribution in [2.75, 3.05) is 44.2 Å². The Morgan fingerprint density at radius 1 is 1.00 bits per heavy atom. The molecule has 124 valence electrons. The van der Waals surface area contributed by atoms with Crippen molar-refractivity contribution in [3.63, 3.8) is 0 Å². The van der Waals surface area contributed by atoms with E-state index in [-0.39, 0.29) is 18.4 Å². The molecule has 7 heteroatoms. The summed E-state index contributed by atoms with van der Waals surface area (Å²) in [6, 6.07) is 1.79. The predicted molar refractivity (Wildman–Crippen MR) is 85.9 cm³/mol. The summed E-state index contributed by atoms with van der Waals surface area (Å²) < 4.78 is 0. The van der Waals surface area contributed by atoms with Crippen LogP contribution in [0.4, 0.5) is 5.95 Å². The first-order valence-electron chi connectivity index (χ1n) is 8.31. The molecule has 2 amide bonds. The number of anilines is 1. The molecule has 3 rings (SSSR count). The largest absolute Gasteiger partial charge is 0.338 e. The number of likely N-dealkylation sites (tertiary alicyclic amines) is 1. The number of aromatic nitrogens is 2. The van der Waals surface area contributed by atoms with Crippen molar-refractivity contribution < 1.29 is 9.59 Å². The molecule has 0 aliphatic carbocycles. The third-order valence-corrected chi connectivity index (χ3v) is 4.46. The van der Waals surface area contributed by atoms with Gasteiger partial charge in [-0.1, -0.05) is 6.42 Å². The van der Waals surface area contributed by atoms with Crippen molar-refractivity contribution in [2.45, 2.75) is 25.7 Å². The van der Waals surface area contributed by atoms with Gasteiger partial charge < -0.3 is 14.7 Å². The van der Waals surface area contributed by atoms with E-state index < -0.39 is 0 Å². The summed E-state index contributed by atoms with van der Waals surface area (Å²) in [5, 5.41) is 0. The Kier molecular flexibility index (Phi) is 5.05. The Bertz CT molecular complexity index is 543. The Morgan fingerprint density at radius 3 is 2.48 bits per heavy atom. The molecular weight excluding hydrogens is 294 g/mol. The molecule has 2 aliphatic heterocycles. The van der Waals surface area contributed by atoms with E-state index in [1.54, 1.807) is 23.4 Å². The number of piperazine rings is 1. The highest BCUT2D eigenvalue weighted by Gasteiger charge is 2.25. The number of carbonyl (C=O) groups is 2. The van der Waals surface area contributed by atoms with Crippen LogP contribution in [0.25, 0.3) is 0 Å². The molecule has 1 aromatic heterocycles. The van der Waals surface area contributed by atoms with Gasteiger partial charge in [-0.25, -0.2) is 9.97 Å². The smallest absolute Gasteiger partial charge is 0.242 e. The van der Waals surface area contributed by atoms with E-state index in [1.165, 1.54) is 0 Å². The van der Waals surface area contributed by atoms with Crippen LogP contribution in [-0.2, 0) is 9.59 Å². The molecule has 2 fully saturated rings. The lowest BCUT2D eigenvalue weighted by Crippen LogP contribution is -2.52. The molecule has 0 radical (unpaired) electrons. The van der Waals surface area contributed by atoms with Crippen molar-refractivity contribution in [3.8, 4) is 0 Å². The van der Waals surface area contributed by atoms with Gasteiger partial charge in [-0.15, -0.1) is 0 Å². The van der Waals surface area contributed by atoms with Gasteiger partial charge >= 0.3 is 0 Å². The van der Waals surface area contributed by atoms with Crippen LogP contribution < -0.4 is 4.90 Å². The first kappa shape index (κ1) is 15.7. The van der Waals surface area contributed by atoms with Gasteiger partial charge in [0.25, 0.3) is 0 Å². The molecule has 0 spiro atoms. The molecule has 1 aromatic rings. The SMILES string of the molecule is O=C(CN1CCCCCC1=O)N1CCN(c2ncccn2)CC1. The van der Waals surface area contributed by atoms with Crippen LogP contribution in [-0.4, -0.2) is 70.9 Å². The van der Waals surface area contributed by atoms with Gasteiger partial charge in [0.15, 0.2) is 0 Å². The van der Waals surface area contributed by atoms with Crippen molar-refractivity contribution in [1.29, 1.82) is 0 Å². The van der Waals surface area contributed by atoms with Gasteiger partial charge in [0, 0.05) is 51.5 Å². The lowest BCUT2D eigenvalue weighted by atomic mass is 10.2. The van der Waals surface area contributed by atoms with Crippen LogP contribution in [0.15, 0.2) is 18.5 Å². The van der Waals surface area contributed by atoms with E-state index in [9.17, 15) is 9.59 Å². The lowest BCUT2D eigenvalue weighted by Gasteiger charge is -2.35. The molecular formula is C16H23N5O2. The van der Waals surface area contributed by atoms with Crippen molar-refractivity contribution in [3.05, 3.63) is 18.5 Å². The standard InChI is InChI=1S/C16H23N5O2/c22-14-5-2-1-3-8-21(14)13-15(23)19-9-11-20(12-10-19)16-17-6-4-7-18-16/h4,6-7H,1-3,5,8-13H2. The molecule has 0 unspecified atom stereocenters. The summed E-state index contributed by atoms with van der Waals surface area (Å²) in [5.41, 5.74) is 0. The highest BCUT2D eigenvalue weighted by atomic mass is 16.2. The Labute approximate surface area is 136 Å². The van der Waals surface area contributed by atoms with E-state index in [0.717, 1.165) is 32.4 Å². The summed E-state index contributed by atoms with van der Waals surface area (Å²) in [7, 11) is 0. The average molecular weight is 317 g/mol. The second-order valence-corrected chi connectivity index (χ2v) is 6.04. The highest BCUT2D eigenvalue weighted by Crippen LogP contribution is 2.13. The fourth-order valence-corrected chi connectivity index (χ4v) is 3.08.